The van der Waals surface area contributed by atoms with Gasteiger partial charge in [-0.1, -0.05) is 35.5 Å². The molecule has 0 amide bonds. The van der Waals surface area contributed by atoms with Crippen LogP contribution in [0.1, 0.15) is 5.56 Å². The molecule has 0 bridgehead atoms. The summed E-state index contributed by atoms with van der Waals surface area (Å²) in [6.07, 6.45) is 0. The molecule has 0 atom stereocenters. The van der Waals surface area contributed by atoms with Crippen LogP contribution in [0.25, 0.3) is 22.8 Å². The van der Waals surface area contributed by atoms with Gasteiger partial charge >= 0.3 is 0 Å². The van der Waals surface area contributed by atoms with Crippen LogP contribution in [0.3, 0.4) is 0 Å². The molecular weight excluding hydrogens is 240 g/mol. The number of nitrogens with zero attached hydrogens (tertiary/aromatic N) is 2. The summed E-state index contributed by atoms with van der Waals surface area (Å²) >= 11 is 0. The normalized spacial score (nSPS) is 10.6. The van der Waals surface area contributed by atoms with Gasteiger partial charge in [0.2, 0.25) is 5.82 Å². The van der Waals surface area contributed by atoms with Crippen molar-refractivity contribution in [3.8, 4) is 28.6 Å². The van der Waals surface area contributed by atoms with Crippen LogP contribution >= 0.6 is 0 Å². The van der Waals surface area contributed by atoms with Gasteiger partial charge in [0.1, 0.15) is 5.75 Å². The predicted molar refractivity (Wildman–Crippen MR) is 71.6 cm³/mol. The van der Waals surface area contributed by atoms with Gasteiger partial charge in [-0.05, 0) is 30.7 Å². The number of phenolic OH excluding ortho intramolecular Hbond substituents is 1. The van der Waals surface area contributed by atoms with Gasteiger partial charge in [0, 0.05) is 11.1 Å². The van der Waals surface area contributed by atoms with Crippen molar-refractivity contribution in [2.24, 2.45) is 0 Å². The van der Waals surface area contributed by atoms with E-state index in [-0.39, 0.29) is 5.75 Å². The van der Waals surface area contributed by atoms with Gasteiger partial charge in [-0.2, -0.15) is 4.98 Å². The van der Waals surface area contributed by atoms with E-state index in [0.717, 1.165) is 11.1 Å². The van der Waals surface area contributed by atoms with E-state index in [1.807, 2.05) is 37.3 Å². The number of aromatic hydroxyl groups is 1. The molecule has 0 saturated heterocycles. The van der Waals surface area contributed by atoms with E-state index in [9.17, 15) is 5.11 Å². The molecule has 94 valence electrons. The molecule has 2 aromatic carbocycles. The van der Waals surface area contributed by atoms with Crippen LogP contribution < -0.4 is 0 Å². The van der Waals surface area contributed by atoms with Gasteiger partial charge in [0.25, 0.3) is 5.89 Å². The molecule has 4 heteroatoms. The molecule has 3 rings (SSSR count). The third-order valence-electron chi connectivity index (χ3n) is 2.91. The minimum absolute atomic E-state index is 0.174. The maximum Gasteiger partial charge on any atom is 0.258 e. The van der Waals surface area contributed by atoms with Crippen molar-refractivity contribution in [2.45, 2.75) is 6.92 Å². The van der Waals surface area contributed by atoms with Crippen molar-refractivity contribution in [1.29, 1.82) is 0 Å². The highest BCUT2D eigenvalue weighted by atomic mass is 16.5. The van der Waals surface area contributed by atoms with E-state index in [2.05, 4.69) is 10.1 Å². The largest absolute Gasteiger partial charge is 0.508 e. The lowest BCUT2D eigenvalue weighted by atomic mass is 10.1. The summed E-state index contributed by atoms with van der Waals surface area (Å²) in [6.45, 7) is 2.00. The molecular formula is C15H12N2O2. The van der Waals surface area contributed by atoms with Crippen LogP contribution in [0, 0.1) is 6.92 Å². The Morgan fingerprint density at radius 2 is 1.89 bits per heavy atom. The molecule has 0 radical (unpaired) electrons. The lowest BCUT2D eigenvalue weighted by Crippen LogP contribution is -1.84. The van der Waals surface area contributed by atoms with Crippen LogP contribution in [0.4, 0.5) is 0 Å². The maximum absolute atomic E-state index is 9.45. The zero-order chi connectivity index (χ0) is 13.2. The molecule has 1 aromatic heterocycles. The van der Waals surface area contributed by atoms with Gasteiger partial charge in [0.05, 0.1) is 0 Å². The standard InChI is InChI=1S/C15H12N2O2/c1-10-5-2-3-8-13(10)14-16-15(19-17-14)11-6-4-7-12(18)9-11/h2-9,18H,1H3. The highest BCUT2D eigenvalue weighted by Gasteiger charge is 2.12. The van der Waals surface area contributed by atoms with Crippen molar-refractivity contribution in [3.05, 3.63) is 54.1 Å². The molecule has 1 N–H and O–H groups in total. The Labute approximate surface area is 110 Å². The van der Waals surface area contributed by atoms with E-state index in [4.69, 9.17) is 4.52 Å². The molecule has 0 aliphatic carbocycles. The zero-order valence-corrected chi connectivity index (χ0v) is 10.4. The van der Waals surface area contributed by atoms with Crippen molar-refractivity contribution >= 4 is 0 Å². The quantitative estimate of drug-likeness (QED) is 0.759. The van der Waals surface area contributed by atoms with Gasteiger partial charge in [0.15, 0.2) is 0 Å². The number of phenols is 1. The molecule has 0 saturated carbocycles. The number of aryl methyl sites for hydroxylation is 1. The number of hydrogen-bond donors (Lipinski definition) is 1. The number of hydrogen-bond acceptors (Lipinski definition) is 4. The van der Waals surface area contributed by atoms with Gasteiger partial charge < -0.3 is 9.63 Å². The minimum Gasteiger partial charge on any atom is -0.508 e. The Bertz CT molecular complexity index is 719. The smallest absolute Gasteiger partial charge is 0.258 e. The summed E-state index contributed by atoms with van der Waals surface area (Å²) in [7, 11) is 0. The topological polar surface area (TPSA) is 59.2 Å². The molecule has 0 spiro atoms. The number of benzene rings is 2. The molecule has 3 aromatic rings. The van der Waals surface area contributed by atoms with E-state index in [0.29, 0.717) is 17.3 Å². The van der Waals surface area contributed by atoms with Crippen LogP contribution in [-0.2, 0) is 0 Å². The monoisotopic (exact) mass is 252 g/mol. The van der Waals surface area contributed by atoms with Crippen molar-refractivity contribution in [2.75, 3.05) is 0 Å². The summed E-state index contributed by atoms with van der Waals surface area (Å²) in [5, 5.41) is 13.4. The third-order valence-corrected chi connectivity index (χ3v) is 2.91. The van der Waals surface area contributed by atoms with Crippen molar-refractivity contribution < 1.29 is 9.63 Å². The van der Waals surface area contributed by atoms with Crippen molar-refractivity contribution in [3.63, 3.8) is 0 Å². The average molecular weight is 252 g/mol. The highest BCUT2D eigenvalue weighted by Crippen LogP contribution is 2.25. The highest BCUT2D eigenvalue weighted by molar-refractivity contribution is 5.63. The molecule has 0 aliphatic heterocycles. The van der Waals surface area contributed by atoms with Crippen LogP contribution in [0.15, 0.2) is 53.1 Å². The van der Waals surface area contributed by atoms with E-state index in [1.54, 1.807) is 18.2 Å². The fourth-order valence-electron chi connectivity index (χ4n) is 1.91. The maximum atomic E-state index is 9.45. The summed E-state index contributed by atoms with van der Waals surface area (Å²) in [6, 6.07) is 14.6. The average Bonchev–Trinajstić information content (AvgIpc) is 2.89. The molecule has 4 nitrogen and oxygen atoms in total. The first-order chi connectivity index (χ1) is 9.24. The zero-order valence-electron chi connectivity index (χ0n) is 10.4. The Hall–Kier alpha value is -2.62. The number of aromatic nitrogens is 2. The van der Waals surface area contributed by atoms with E-state index < -0.39 is 0 Å². The van der Waals surface area contributed by atoms with Crippen molar-refractivity contribution in [1.82, 2.24) is 10.1 Å². The third kappa shape index (κ3) is 2.20. The predicted octanol–water partition coefficient (Wildman–Crippen LogP) is 3.42. The van der Waals surface area contributed by atoms with Gasteiger partial charge in [-0.3, -0.25) is 0 Å². The summed E-state index contributed by atoms with van der Waals surface area (Å²) in [5.41, 5.74) is 2.73. The van der Waals surface area contributed by atoms with Crippen LogP contribution in [0.5, 0.6) is 5.75 Å². The molecule has 0 aliphatic rings. The lowest BCUT2D eigenvalue weighted by Gasteiger charge is -1.98. The fourth-order valence-corrected chi connectivity index (χ4v) is 1.91. The Kier molecular flexibility index (Phi) is 2.76. The molecule has 19 heavy (non-hydrogen) atoms. The molecule has 0 fully saturated rings. The van der Waals surface area contributed by atoms with Crippen LogP contribution in [-0.4, -0.2) is 15.2 Å². The summed E-state index contributed by atoms with van der Waals surface area (Å²) < 4.78 is 5.24. The lowest BCUT2D eigenvalue weighted by molar-refractivity contribution is 0.431. The van der Waals surface area contributed by atoms with Gasteiger partial charge in [-0.25, -0.2) is 0 Å². The van der Waals surface area contributed by atoms with Gasteiger partial charge in [-0.15, -0.1) is 0 Å². The molecule has 1 heterocycles. The van der Waals surface area contributed by atoms with Crippen LogP contribution in [0.2, 0.25) is 0 Å². The Balaban J connectivity index is 2.03. The second-order valence-corrected chi connectivity index (χ2v) is 4.29. The van der Waals surface area contributed by atoms with E-state index >= 15 is 0 Å². The second kappa shape index (κ2) is 4.57. The number of rotatable bonds is 2. The first-order valence-electron chi connectivity index (χ1n) is 5.93. The Morgan fingerprint density at radius 1 is 1.05 bits per heavy atom. The summed E-state index contributed by atoms with van der Waals surface area (Å²) in [4.78, 5) is 4.36. The second-order valence-electron chi connectivity index (χ2n) is 4.29. The first kappa shape index (κ1) is 11.5. The van der Waals surface area contributed by atoms with E-state index in [1.165, 1.54) is 0 Å². The molecule has 0 unspecified atom stereocenters. The SMILES string of the molecule is Cc1ccccc1-c1noc(-c2cccc(O)c2)n1. The summed E-state index contributed by atoms with van der Waals surface area (Å²) in [5.74, 6) is 1.12. The Morgan fingerprint density at radius 3 is 2.68 bits per heavy atom. The fraction of sp³-hybridized carbons (Fsp3) is 0.0667. The minimum atomic E-state index is 0.174. The first-order valence-corrected chi connectivity index (χ1v) is 5.93.